The van der Waals surface area contributed by atoms with Gasteiger partial charge in [-0.2, -0.15) is 0 Å². The molecule has 0 saturated heterocycles. The summed E-state index contributed by atoms with van der Waals surface area (Å²) < 4.78 is 26.1. The predicted octanol–water partition coefficient (Wildman–Crippen LogP) is 2.14. The van der Waals surface area contributed by atoms with E-state index in [9.17, 15) is 18.3 Å². The van der Waals surface area contributed by atoms with E-state index in [1.165, 1.54) is 18.2 Å². The van der Waals surface area contributed by atoms with Crippen LogP contribution in [0.5, 0.6) is 0 Å². The third-order valence-corrected chi connectivity index (χ3v) is 4.45. The molecule has 118 valence electrons. The van der Waals surface area contributed by atoms with Gasteiger partial charge < -0.3 is 10.4 Å². The predicted molar refractivity (Wildman–Crippen MR) is 82.2 cm³/mol. The van der Waals surface area contributed by atoms with Crippen LogP contribution in [0.4, 0.5) is 5.69 Å². The number of sulfonamides is 1. The van der Waals surface area contributed by atoms with Crippen molar-refractivity contribution >= 4 is 21.7 Å². The van der Waals surface area contributed by atoms with Gasteiger partial charge >= 0.3 is 5.97 Å². The second-order valence-corrected chi connectivity index (χ2v) is 6.89. The summed E-state index contributed by atoms with van der Waals surface area (Å²) >= 11 is 0. The van der Waals surface area contributed by atoms with Crippen molar-refractivity contribution in [2.24, 2.45) is 5.92 Å². The molecule has 0 amide bonds. The number of hydrogen-bond donors (Lipinski definition) is 3. The molecule has 3 N–H and O–H groups in total. The highest BCUT2D eigenvalue weighted by Gasteiger charge is 2.18. The SMILES string of the molecule is CCNS(=O)(=O)c1ccc(NCCC(C)C)c(C(=O)O)c1. The molecule has 0 atom stereocenters. The number of carboxylic acid groups (broad SMARTS) is 1. The lowest BCUT2D eigenvalue weighted by atomic mass is 10.1. The van der Waals surface area contributed by atoms with Crippen molar-refractivity contribution in [2.75, 3.05) is 18.4 Å². The number of anilines is 1. The van der Waals surface area contributed by atoms with E-state index < -0.39 is 16.0 Å². The van der Waals surface area contributed by atoms with E-state index in [0.29, 0.717) is 18.2 Å². The Kier molecular flexibility index (Phi) is 6.17. The number of carboxylic acids is 1. The Bertz CT molecular complexity index is 597. The Labute approximate surface area is 125 Å². The maximum absolute atomic E-state index is 11.9. The van der Waals surface area contributed by atoms with Crippen LogP contribution in [-0.4, -0.2) is 32.6 Å². The zero-order valence-electron chi connectivity index (χ0n) is 12.5. The van der Waals surface area contributed by atoms with Crippen LogP contribution in [0.2, 0.25) is 0 Å². The molecule has 1 aromatic rings. The van der Waals surface area contributed by atoms with Gasteiger partial charge in [0.05, 0.1) is 10.5 Å². The lowest BCUT2D eigenvalue weighted by Crippen LogP contribution is -2.23. The summed E-state index contributed by atoms with van der Waals surface area (Å²) in [6.45, 7) is 6.70. The van der Waals surface area contributed by atoms with Crippen molar-refractivity contribution in [2.45, 2.75) is 32.1 Å². The molecule has 6 nitrogen and oxygen atoms in total. The fourth-order valence-corrected chi connectivity index (χ4v) is 2.86. The van der Waals surface area contributed by atoms with Gasteiger partial charge in [0, 0.05) is 18.8 Å². The summed E-state index contributed by atoms with van der Waals surface area (Å²) in [6, 6.07) is 4.08. The standard InChI is InChI=1S/C14H22N2O4S/c1-4-16-21(19,20)11-5-6-13(12(9-11)14(17)18)15-8-7-10(2)3/h5-6,9-10,15-16H,4,7-8H2,1-3H3,(H,17,18). The van der Waals surface area contributed by atoms with E-state index >= 15 is 0 Å². The maximum Gasteiger partial charge on any atom is 0.337 e. The van der Waals surface area contributed by atoms with E-state index in [-0.39, 0.29) is 17.0 Å². The minimum Gasteiger partial charge on any atom is -0.478 e. The van der Waals surface area contributed by atoms with Gasteiger partial charge in [-0.3, -0.25) is 0 Å². The second-order valence-electron chi connectivity index (χ2n) is 5.12. The third-order valence-electron chi connectivity index (χ3n) is 2.90. The minimum absolute atomic E-state index is 0.0438. The van der Waals surface area contributed by atoms with Crippen molar-refractivity contribution < 1.29 is 18.3 Å². The lowest BCUT2D eigenvalue weighted by Gasteiger charge is -2.12. The number of carbonyl (C=O) groups is 1. The van der Waals surface area contributed by atoms with E-state index in [2.05, 4.69) is 23.9 Å². The van der Waals surface area contributed by atoms with Crippen LogP contribution in [0.3, 0.4) is 0 Å². The average molecular weight is 314 g/mol. The topological polar surface area (TPSA) is 95.5 Å². The summed E-state index contributed by atoms with van der Waals surface area (Å²) in [5.41, 5.74) is 0.385. The first-order valence-electron chi connectivity index (χ1n) is 6.88. The average Bonchev–Trinajstić information content (AvgIpc) is 2.38. The number of hydrogen-bond acceptors (Lipinski definition) is 4. The molecule has 21 heavy (non-hydrogen) atoms. The van der Waals surface area contributed by atoms with Gasteiger partial charge in [-0.15, -0.1) is 0 Å². The van der Waals surface area contributed by atoms with Gasteiger partial charge in [-0.1, -0.05) is 20.8 Å². The summed E-state index contributed by atoms with van der Waals surface area (Å²) in [5.74, 6) is -0.658. The van der Waals surface area contributed by atoms with Crippen molar-refractivity contribution in [3.8, 4) is 0 Å². The Morgan fingerprint density at radius 3 is 2.52 bits per heavy atom. The smallest absolute Gasteiger partial charge is 0.337 e. The zero-order chi connectivity index (χ0) is 16.0. The monoisotopic (exact) mass is 314 g/mol. The first kappa shape index (κ1) is 17.5. The highest BCUT2D eigenvalue weighted by atomic mass is 32.2. The van der Waals surface area contributed by atoms with Crippen LogP contribution >= 0.6 is 0 Å². The van der Waals surface area contributed by atoms with Gasteiger partial charge in [-0.05, 0) is 30.5 Å². The van der Waals surface area contributed by atoms with Crippen molar-refractivity contribution in [3.05, 3.63) is 23.8 Å². The van der Waals surface area contributed by atoms with E-state index in [0.717, 1.165) is 6.42 Å². The molecule has 7 heteroatoms. The van der Waals surface area contributed by atoms with Crippen LogP contribution in [0.25, 0.3) is 0 Å². The lowest BCUT2D eigenvalue weighted by molar-refractivity contribution is 0.0697. The van der Waals surface area contributed by atoms with Crippen molar-refractivity contribution in [1.29, 1.82) is 0 Å². The molecular weight excluding hydrogens is 292 g/mol. The Morgan fingerprint density at radius 2 is 2.00 bits per heavy atom. The molecule has 0 unspecified atom stereocenters. The fourth-order valence-electron chi connectivity index (χ4n) is 1.79. The Balaban J connectivity index is 3.05. The highest BCUT2D eigenvalue weighted by molar-refractivity contribution is 7.89. The second kappa shape index (κ2) is 7.42. The first-order chi connectivity index (χ1) is 9.77. The molecular formula is C14H22N2O4S. The highest BCUT2D eigenvalue weighted by Crippen LogP contribution is 2.21. The Hall–Kier alpha value is -1.60. The van der Waals surface area contributed by atoms with E-state index in [1.807, 2.05) is 0 Å². The van der Waals surface area contributed by atoms with Crippen LogP contribution in [-0.2, 0) is 10.0 Å². The summed E-state index contributed by atoms with van der Waals surface area (Å²) in [7, 11) is -3.66. The van der Waals surface area contributed by atoms with Crippen LogP contribution in [0.1, 0.15) is 37.6 Å². The van der Waals surface area contributed by atoms with Crippen LogP contribution in [0.15, 0.2) is 23.1 Å². The number of aromatic carboxylic acids is 1. The molecule has 0 saturated carbocycles. The van der Waals surface area contributed by atoms with E-state index in [4.69, 9.17) is 0 Å². The summed E-state index contributed by atoms with van der Waals surface area (Å²) in [6.07, 6.45) is 0.899. The van der Waals surface area contributed by atoms with Crippen molar-refractivity contribution in [1.82, 2.24) is 4.72 Å². The molecule has 0 heterocycles. The largest absolute Gasteiger partial charge is 0.478 e. The third kappa shape index (κ3) is 5.02. The summed E-state index contributed by atoms with van der Waals surface area (Å²) in [4.78, 5) is 11.3. The van der Waals surface area contributed by atoms with E-state index in [1.54, 1.807) is 6.92 Å². The van der Waals surface area contributed by atoms with Crippen LogP contribution in [0, 0.1) is 5.92 Å². The molecule has 1 rings (SSSR count). The number of benzene rings is 1. The number of rotatable bonds is 8. The zero-order valence-corrected chi connectivity index (χ0v) is 13.3. The first-order valence-corrected chi connectivity index (χ1v) is 8.37. The van der Waals surface area contributed by atoms with Gasteiger partial charge in [0.25, 0.3) is 0 Å². The van der Waals surface area contributed by atoms with Crippen molar-refractivity contribution in [3.63, 3.8) is 0 Å². The fraction of sp³-hybridized carbons (Fsp3) is 0.500. The Morgan fingerprint density at radius 1 is 1.33 bits per heavy atom. The molecule has 0 aromatic heterocycles. The quantitative estimate of drug-likeness (QED) is 0.683. The number of nitrogens with one attached hydrogen (secondary N) is 2. The molecule has 0 radical (unpaired) electrons. The maximum atomic E-state index is 11.9. The molecule has 0 fully saturated rings. The molecule has 1 aromatic carbocycles. The molecule has 0 spiro atoms. The van der Waals surface area contributed by atoms with Gasteiger partial charge in [-0.25, -0.2) is 17.9 Å². The molecule has 0 aliphatic carbocycles. The molecule has 0 bridgehead atoms. The van der Waals surface area contributed by atoms with Crippen LogP contribution < -0.4 is 10.0 Å². The normalized spacial score (nSPS) is 11.6. The minimum atomic E-state index is -3.66. The van der Waals surface area contributed by atoms with Gasteiger partial charge in [0.15, 0.2) is 0 Å². The molecule has 0 aliphatic heterocycles. The molecule has 0 aliphatic rings. The van der Waals surface area contributed by atoms with Gasteiger partial charge in [0.1, 0.15) is 0 Å². The summed E-state index contributed by atoms with van der Waals surface area (Å²) in [5, 5.41) is 12.3. The van der Waals surface area contributed by atoms with Gasteiger partial charge in [0.2, 0.25) is 10.0 Å².